The monoisotopic (exact) mass is 196 g/mol. The molecular weight excluding hydrogens is 180 g/mol. The summed E-state index contributed by atoms with van der Waals surface area (Å²) in [4.78, 5) is 6.05. The fourth-order valence-corrected chi connectivity index (χ4v) is 2.78. The predicted octanol–water partition coefficient (Wildman–Crippen LogP) is 1.78. The molecule has 72 valence electrons. The molecule has 1 fully saturated rings. The minimum Gasteiger partial charge on any atom is -0.316 e. The molecule has 2 nitrogen and oxygen atoms in total. The number of thiazole rings is 1. The topological polar surface area (TPSA) is 24.9 Å². The summed E-state index contributed by atoms with van der Waals surface area (Å²) in [6, 6.07) is 0. The van der Waals surface area contributed by atoms with Crippen LogP contribution in [0.25, 0.3) is 0 Å². The Morgan fingerprint density at radius 3 is 2.77 bits per heavy atom. The fraction of sp³-hybridized carbons (Fsp3) is 0.700. The Hall–Kier alpha value is -0.410. The van der Waals surface area contributed by atoms with E-state index in [0.29, 0.717) is 0 Å². The van der Waals surface area contributed by atoms with Crippen molar-refractivity contribution >= 4 is 11.3 Å². The zero-order chi connectivity index (χ0) is 9.26. The summed E-state index contributed by atoms with van der Waals surface area (Å²) < 4.78 is 0. The van der Waals surface area contributed by atoms with Crippen LogP contribution in [0.4, 0.5) is 0 Å². The molecule has 2 heterocycles. The lowest BCUT2D eigenvalue weighted by atomic mass is 10.0. The Kier molecular flexibility index (Phi) is 2.65. The Bertz CT molecular complexity index is 289. The maximum absolute atomic E-state index is 4.64. The molecule has 3 heteroatoms. The molecule has 0 bridgehead atoms. The largest absolute Gasteiger partial charge is 0.316 e. The first-order valence-corrected chi connectivity index (χ1v) is 5.77. The predicted molar refractivity (Wildman–Crippen MR) is 56.3 cm³/mol. The molecule has 13 heavy (non-hydrogen) atoms. The van der Waals surface area contributed by atoms with E-state index in [1.807, 2.05) is 11.3 Å². The minimum absolute atomic E-state index is 0.843. The highest BCUT2D eigenvalue weighted by molar-refractivity contribution is 7.11. The number of aromatic nitrogens is 1. The summed E-state index contributed by atoms with van der Waals surface area (Å²) in [6.07, 6.45) is 2.25. The van der Waals surface area contributed by atoms with Crippen LogP contribution in [-0.4, -0.2) is 18.1 Å². The molecule has 0 spiro atoms. The molecule has 0 aliphatic carbocycles. The summed E-state index contributed by atoms with van der Waals surface area (Å²) in [5, 5.41) is 4.63. The molecule has 1 saturated heterocycles. The van der Waals surface area contributed by atoms with E-state index in [2.05, 4.69) is 24.1 Å². The van der Waals surface area contributed by atoms with Gasteiger partial charge in [-0.15, -0.1) is 11.3 Å². The second kappa shape index (κ2) is 3.76. The van der Waals surface area contributed by atoms with Crippen molar-refractivity contribution in [1.29, 1.82) is 0 Å². The second-order valence-electron chi connectivity index (χ2n) is 3.69. The molecule has 1 aliphatic heterocycles. The third-order valence-corrected chi connectivity index (χ3v) is 3.64. The van der Waals surface area contributed by atoms with Crippen molar-refractivity contribution in [2.45, 2.75) is 26.7 Å². The van der Waals surface area contributed by atoms with Gasteiger partial charge in [-0.05, 0) is 32.4 Å². The lowest BCUT2D eigenvalue weighted by Crippen LogP contribution is -2.43. The maximum Gasteiger partial charge on any atom is 0.0934 e. The van der Waals surface area contributed by atoms with Crippen LogP contribution >= 0.6 is 11.3 Å². The van der Waals surface area contributed by atoms with Crippen molar-refractivity contribution in [2.75, 3.05) is 13.1 Å². The quantitative estimate of drug-likeness (QED) is 0.797. The summed E-state index contributed by atoms with van der Waals surface area (Å²) >= 11 is 1.88. The highest BCUT2D eigenvalue weighted by atomic mass is 32.1. The van der Waals surface area contributed by atoms with E-state index < -0.39 is 0 Å². The molecule has 0 atom stereocenters. The highest BCUT2D eigenvalue weighted by Crippen LogP contribution is 2.21. The van der Waals surface area contributed by atoms with E-state index in [1.165, 1.54) is 35.1 Å². The van der Waals surface area contributed by atoms with Crippen LogP contribution in [0.5, 0.6) is 0 Å². The number of aryl methyl sites for hydroxylation is 2. The van der Waals surface area contributed by atoms with Crippen LogP contribution in [0.15, 0.2) is 0 Å². The average Bonchev–Trinajstić information content (AvgIpc) is 2.39. The molecule has 0 saturated carbocycles. The third-order valence-electron chi connectivity index (χ3n) is 2.60. The van der Waals surface area contributed by atoms with E-state index in [9.17, 15) is 0 Å². The summed E-state index contributed by atoms with van der Waals surface area (Å²) in [7, 11) is 0. The van der Waals surface area contributed by atoms with E-state index in [4.69, 9.17) is 0 Å². The van der Waals surface area contributed by atoms with Gasteiger partial charge in [-0.3, -0.25) is 0 Å². The second-order valence-corrected chi connectivity index (χ2v) is 4.98. The van der Waals surface area contributed by atoms with Crippen molar-refractivity contribution in [2.24, 2.45) is 5.92 Å². The van der Waals surface area contributed by atoms with E-state index >= 15 is 0 Å². The van der Waals surface area contributed by atoms with E-state index in [-0.39, 0.29) is 0 Å². The zero-order valence-corrected chi connectivity index (χ0v) is 9.08. The molecule has 1 N–H and O–H groups in total. The van der Waals surface area contributed by atoms with Gasteiger partial charge in [-0.25, -0.2) is 4.98 Å². The zero-order valence-electron chi connectivity index (χ0n) is 8.26. The van der Waals surface area contributed by atoms with Crippen LogP contribution in [0.3, 0.4) is 0 Å². The van der Waals surface area contributed by atoms with Gasteiger partial charge in [0.05, 0.1) is 10.7 Å². The first-order valence-electron chi connectivity index (χ1n) is 4.95. The Balaban J connectivity index is 2.03. The molecule has 1 aromatic rings. The number of nitrogens with one attached hydrogen (secondary N) is 1. The Labute approximate surface area is 83.4 Å². The van der Waals surface area contributed by atoms with Crippen LogP contribution in [-0.2, 0) is 12.8 Å². The summed E-state index contributed by atoms with van der Waals surface area (Å²) in [6.45, 7) is 6.72. The number of hydrogen-bond donors (Lipinski definition) is 1. The standard InChI is InChI=1S/C10H16N2S/c1-3-9-7(2)13-10(12-9)4-8-5-11-6-8/h8,11H,3-6H2,1-2H3. The van der Waals surface area contributed by atoms with Gasteiger partial charge < -0.3 is 5.32 Å². The van der Waals surface area contributed by atoms with Gasteiger partial charge in [0, 0.05) is 11.3 Å². The molecule has 0 unspecified atom stereocenters. The summed E-state index contributed by atoms with van der Waals surface area (Å²) in [5.74, 6) is 0.843. The lowest BCUT2D eigenvalue weighted by molar-refractivity contribution is 0.346. The Morgan fingerprint density at radius 1 is 1.54 bits per heavy atom. The molecule has 0 aromatic carbocycles. The fourth-order valence-electron chi connectivity index (χ4n) is 1.64. The van der Waals surface area contributed by atoms with Crippen LogP contribution in [0.2, 0.25) is 0 Å². The van der Waals surface area contributed by atoms with Crippen LogP contribution in [0.1, 0.15) is 22.5 Å². The minimum atomic E-state index is 0.843. The molecule has 1 aliphatic rings. The normalized spacial score (nSPS) is 17.4. The first kappa shape index (κ1) is 9.16. The SMILES string of the molecule is CCc1nc(CC2CNC2)sc1C. The number of rotatable bonds is 3. The van der Waals surface area contributed by atoms with Crippen molar-refractivity contribution in [3.05, 3.63) is 15.6 Å². The molecule has 0 amide bonds. The van der Waals surface area contributed by atoms with Crippen molar-refractivity contribution < 1.29 is 0 Å². The van der Waals surface area contributed by atoms with Crippen molar-refractivity contribution in [3.63, 3.8) is 0 Å². The van der Waals surface area contributed by atoms with Gasteiger partial charge in [-0.2, -0.15) is 0 Å². The summed E-state index contributed by atoms with van der Waals surface area (Å²) in [5.41, 5.74) is 1.30. The average molecular weight is 196 g/mol. The van der Waals surface area contributed by atoms with Gasteiger partial charge in [0.1, 0.15) is 0 Å². The van der Waals surface area contributed by atoms with Crippen molar-refractivity contribution in [3.8, 4) is 0 Å². The van der Waals surface area contributed by atoms with Gasteiger partial charge in [0.2, 0.25) is 0 Å². The molecule has 0 radical (unpaired) electrons. The van der Waals surface area contributed by atoms with Gasteiger partial charge in [0.15, 0.2) is 0 Å². The van der Waals surface area contributed by atoms with E-state index in [0.717, 1.165) is 12.3 Å². The van der Waals surface area contributed by atoms with Gasteiger partial charge >= 0.3 is 0 Å². The van der Waals surface area contributed by atoms with Crippen molar-refractivity contribution in [1.82, 2.24) is 10.3 Å². The van der Waals surface area contributed by atoms with Gasteiger partial charge in [-0.1, -0.05) is 6.92 Å². The first-order chi connectivity index (χ1) is 6.29. The number of nitrogens with zero attached hydrogens (tertiary/aromatic N) is 1. The lowest BCUT2D eigenvalue weighted by Gasteiger charge is -2.25. The molecular formula is C10H16N2S. The van der Waals surface area contributed by atoms with Crippen LogP contribution in [0, 0.1) is 12.8 Å². The molecule has 2 rings (SSSR count). The smallest absolute Gasteiger partial charge is 0.0934 e. The van der Waals surface area contributed by atoms with E-state index in [1.54, 1.807) is 0 Å². The third kappa shape index (κ3) is 1.92. The molecule has 1 aromatic heterocycles. The van der Waals surface area contributed by atoms with Crippen LogP contribution < -0.4 is 5.32 Å². The van der Waals surface area contributed by atoms with Gasteiger partial charge in [0.25, 0.3) is 0 Å². The number of hydrogen-bond acceptors (Lipinski definition) is 3. The Morgan fingerprint density at radius 2 is 2.31 bits per heavy atom. The highest BCUT2D eigenvalue weighted by Gasteiger charge is 2.19. The maximum atomic E-state index is 4.64.